The molecule has 0 unspecified atom stereocenters. The molecule has 11 heteroatoms. The normalized spacial score (nSPS) is 23.6. The summed E-state index contributed by atoms with van der Waals surface area (Å²) in [5.74, 6) is -3.14. The number of anilines is 1. The van der Waals surface area contributed by atoms with E-state index in [-0.39, 0.29) is 61.8 Å². The van der Waals surface area contributed by atoms with Gasteiger partial charge in [-0.3, -0.25) is 19.6 Å². The number of pyridine rings is 1. The van der Waals surface area contributed by atoms with Gasteiger partial charge in [-0.05, 0) is 63.4 Å². The molecule has 0 radical (unpaired) electrons. The summed E-state index contributed by atoms with van der Waals surface area (Å²) in [6.45, 7) is 13.0. The van der Waals surface area contributed by atoms with Crippen molar-refractivity contribution in [3.63, 3.8) is 0 Å². The Balaban J connectivity index is 1.35. The lowest BCUT2D eigenvalue weighted by atomic mass is 9.91. The zero-order valence-electron chi connectivity index (χ0n) is 26.6. The van der Waals surface area contributed by atoms with E-state index in [1.54, 1.807) is 26.8 Å². The molecule has 3 aliphatic rings. The van der Waals surface area contributed by atoms with Gasteiger partial charge >= 0.3 is 6.09 Å². The third-order valence-electron chi connectivity index (χ3n) is 8.67. The van der Waals surface area contributed by atoms with Crippen LogP contribution >= 0.6 is 0 Å². The minimum atomic E-state index is -2.74. The number of hydrogen-bond acceptors (Lipinski definition) is 6. The van der Waals surface area contributed by atoms with Crippen LogP contribution in [0.5, 0.6) is 0 Å². The number of ether oxygens (including phenoxy) is 1. The highest BCUT2D eigenvalue weighted by Crippen LogP contribution is 2.40. The van der Waals surface area contributed by atoms with Crippen LogP contribution in [0.15, 0.2) is 36.5 Å². The molecule has 0 bridgehead atoms. The largest absolute Gasteiger partial charge is 0.444 e. The lowest BCUT2D eigenvalue weighted by Crippen LogP contribution is -2.63. The molecule has 2 amide bonds. The van der Waals surface area contributed by atoms with E-state index in [2.05, 4.69) is 13.8 Å². The molecule has 0 N–H and O–H groups in total. The lowest BCUT2D eigenvalue weighted by Gasteiger charge is -2.46. The van der Waals surface area contributed by atoms with E-state index in [0.717, 1.165) is 22.5 Å². The number of nitrogens with zero attached hydrogens (tertiary/aromatic N) is 5. The van der Waals surface area contributed by atoms with Crippen molar-refractivity contribution in [2.24, 2.45) is 0 Å². The van der Waals surface area contributed by atoms with Crippen LogP contribution in [0.4, 0.5) is 23.7 Å². The Kier molecular flexibility index (Phi) is 8.76. The zero-order chi connectivity index (χ0) is 32.0. The monoisotopic (exact) mass is 615 g/mol. The Labute approximate surface area is 258 Å². The Morgan fingerprint density at radius 1 is 1.07 bits per heavy atom. The smallest absolute Gasteiger partial charge is 0.410 e. The van der Waals surface area contributed by atoms with Crippen molar-refractivity contribution in [1.29, 1.82) is 0 Å². The number of amides is 2. The first-order valence-electron chi connectivity index (χ1n) is 15.4. The van der Waals surface area contributed by atoms with Crippen LogP contribution in [-0.4, -0.2) is 101 Å². The van der Waals surface area contributed by atoms with Crippen molar-refractivity contribution in [2.75, 3.05) is 50.7 Å². The second-order valence-electron chi connectivity index (χ2n) is 14.3. The molecule has 0 saturated carbocycles. The summed E-state index contributed by atoms with van der Waals surface area (Å²) in [7, 11) is 0. The van der Waals surface area contributed by atoms with Gasteiger partial charge in [0.05, 0.1) is 24.5 Å². The van der Waals surface area contributed by atoms with Gasteiger partial charge in [0.1, 0.15) is 11.4 Å². The minimum absolute atomic E-state index is 0.0824. The van der Waals surface area contributed by atoms with Gasteiger partial charge < -0.3 is 14.5 Å². The number of hydrogen-bond donors (Lipinski definition) is 0. The molecule has 1 aromatic heterocycles. The first-order valence-corrected chi connectivity index (χ1v) is 15.4. The van der Waals surface area contributed by atoms with E-state index in [1.807, 2.05) is 44.9 Å². The molecule has 5 rings (SSSR count). The quantitative estimate of drug-likeness (QED) is 0.451. The van der Waals surface area contributed by atoms with Crippen molar-refractivity contribution >= 4 is 17.7 Å². The zero-order valence-corrected chi connectivity index (χ0v) is 26.6. The molecule has 2 aromatic rings. The number of rotatable bonds is 6. The van der Waals surface area contributed by atoms with E-state index in [4.69, 9.17) is 9.72 Å². The molecule has 1 aromatic carbocycles. The first kappa shape index (κ1) is 32.2. The summed E-state index contributed by atoms with van der Waals surface area (Å²) in [5.41, 5.74) is 2.43. The molecule has 2 fully saturated rings. The van der Waals surface area contributed by atoms with E-state index in [1.165, 1.54) is 12.1 Å². The van der Waals surface area contributed by atoms with E-state index in [0.29, 0.717) is 26.1 Å². The molecule has 2 atom stereocenters. The predicted octanol–water partition coefficient (Wildman–Crippen LogP) is 5.09. The fourth-order valence-electron chi connectivity index (χ4n) is 6.51. The summed E-state index contributed by atoms with van der Waals surface area (Å²) >= 11 is 0. The van der Waals surface area contributed by atoms with Gasteiger partial charge in [0.25, 0.3) is 5.92 Å². The van der Waals surface area contributed by atoms with Gasteiger partial charge in [-0.2, -0.15) is 0 Å². The van der Waals surface area contributed by atoms with E-state index >= 15 is 0 Å². The topological polar surface area (TPSA) is 69.2 Å². The maximum atomic E-state index is 14.1. The van der Waals surface area contributed by atoms with Crippen LogP contribution in [0.2, 0.25) is 0 Å². The number of carbonyl (C=O) groups is 2. The second-order valence-corrected chi connectivity index (χ2v) is 14.3. The molecule has 3 aliphatic heterocycles. The third kappa shape index (κ3) is 7.37. The Morgan fingerprint density at radius 3 is 2.41 bits per heavy atom. The van der Waals surface area contributed by atoms with Gasteiger partial charge in [-0.15, -0.1) is 0 Å². The summed E-state index contributed by atoms with van der Waals surface area (Å²) < 4.78 is 47.3. The van der Waals surface area contributed by atoms with Gasteiger partial charge in [0, 0.05) is 62.8 Å². The number of aromatic nitrogens is 1. The molecular weight excluding hydrogens is 571 g/mol. The maximum absolute atomic E-state index is 14.1. The van der Waals surface area contributed by atoms with Crippen LogP contribution in [0.25, 0.3) is 0 Å². The summed E-state index contributed by atoms with van der Waals surface area (Å²) in [5, 5.41) is 0. The second kappa shape index (κ2) is 12.0. The fourth-order valence-corrected chi connectivity index (χ4v) is 6.51. The van der Waals surface area contributed by atoms with Crippen molar-refractivity contribution in [1.82, 2.24) is 19.7 Å². The molecular formula is C33H44F3N5O3. The Bertz CT molecular complexity index is 1380. The van der Waals surface area contributed by atoms with Crippen molar-refractivity contribution in [3.8, 4) is 0 Å². The third-order valence-corrected chi connectivity index (χ3v) is 8.67. The number of benzene rings is 1. The summed E-state index contributed by atoms with van der Waals surface area (Å²) in [4.78, 5) is 39.1. The van der Waals surface area contributed by atoms with Crippen LogP contribution in [-0.2, 0) is 21.4 Å². The van der Waals surface area contributed by atoms with Gasteiger partial charge in [0.2, 0.25) is 5.91 Å². The number of halogens is 3. The standard InChI is InChI=1S/C33H44F3N5O3/c1-22-16-39(26(17-38-12-11-33(35,36)21-38)18-40(22)30(43)44-31(2,3)4)19-28(42)41-20-32(5,6)29-27(41)14-24(15-37-29)13-23-7-9-25(34)10-8-23/h7-10,14-15,22,26H,11-13,16-21H2,1-6H3/t22-,26+/m1/s1. The molecule has 4 heterocycles. The average molecular weight is 616 g/mol. The molecule has 2 saturated heterocycles. The molecule has 44 heavy (non-hydrogen) atoms. The number of likely N-dealkylation sites (tertiary alicyclic amines) is 1. The highest BCUT2D eigenvalue weighted by Gasteiger charge is 2.44. The average Bonchev–Trinajstić information content (AvgIpc) is 3.40. The molecule has 240 valence electrons. The highest BCUT2D eigenvalue weighted by atomic mass is 19.3. The molecule has 8 nitrogen and oxygen atoms in total. The van der Waals surface area contributed by atoms with Crippen molar-refractivity contribution < 1.29 is 27.5 Å². The maximum Gasteiger partial charge on any atom is 0.410 e. The minimum Gasteiger partial charge on any atom is -0.444 e. The summed E-state index contributed by atoms with van der Waals surface area (Å²) in [6, 6.07) is 7.77. The summed E-state index contributed by atoms with van der Waals surface area (Å²) in [6.07, 6.45) is 1.73. The first-order chi connectivity index (χ1) is 20.5. The molecule has 0 spiro atoms. The van der Waals surface area contributed by atoms with Crippen LogP contribution in [0, 0.1) is 5.82 Å². The van der Waals surface area contributed by atoms with E-state index < -0.39 is 17.6 Å². The highest BCUT2D eigenvalue weighted by molar-refractivity contribution is 5.97. The van der Waals surface area contributed by atoms with Crippen LogP contribution < -0.4 is 4.90 Å². The van der Waals surface area contributed by atoms with Gasteiger partial charge in [-0.25, -0.2) is 18.0 Å². The molecule has 0 aliphatic carbocycles. The van der Waals surface area contributed by atoms with Crippen LogP contribution in [0.1, 0.15) is 64.8 Å². The van der Waals surface area contributed by atoms with Gasteiger partial charge in [-0.1, -0.05) is 26.0 Å². The van der Waals surface area contributed by atoms with Crippen LogP contribution in [0.3, 0.4) is 0 Å². The Hall–Kier alpha value is -3.18. The van der Waals surface area contributed by atoms with Crippen molar-refractivity contribution in [3.05, 3.63) is 59.2 Å². The van der Waals surface area contributed by atoms with E-state index in [9.17, 15) is 22.8 Å². The number of carbonyl (C=O) groups excluding carboxylic acids is 2. The predicted molar refractivity (Wildman–Crippen MR) is 163 cm³/mol. The number of alkyl halides is 2. The van der Waals surface area contributed by atoms with Crippen molar-refractivity contribution in [2.45, 2.75) is 83.4 Å². The number of fused-ring (bicyclic) bond motifs is 1. The Morgan fingerprint density at radius 2 is 1.77 bits per heavy atom. The van der Waals surface area contributed by atoms with Gasteiger partial charge in [0.15, 0.2) is 0 Å². The number of piperazine rings is 1. The fraction of sp³-hybridized carbons (Fsp3) is 0.606. The SMILES string of the molecule is C[C@@H]1CN(CC(=O)N2CC(C)(C)c3ncc(Cc4ccc(F)cc4)cc32)[C@@H](CN2CCC(F)(F)C2)CN1C(=O)OC(C)(C)C. The lowest BCUT2D eigenvalue weighted by molar-refractivity contribution is -0.121.